The van der Waals surface area contributed by atoms with Crippen molar-refractivity contribution in [3.8, 4) is 44.5 Å². The summed E-state index contributed by atoms with van der Waals surface area (Å²) in [5.74, 6) is 0. The van der Waals surface area contributed by atoms with Gasteiger partial charge in [-0.3, -0.25) is 0 Å². The number of furan rings is 1. The fourth-order valence-corrected chi connectivity index (χ4v) is 6.92. The SMILES string of the molecule is c1ccc(-c2ccc(-c3ccc(N(c4ccc(-c5ccccc5)cc4)c4cccc5c4oc4cc(-c6ccccc6)ccc45)cc3)cc2)cc1. The number of hydrogen-bond donors (Lipinski definition) is 0. The van der Waals surface area contributed by atoms with Crippen LogP contribution in [0.25, 0.3) is 66.4 Å². The van der Waals surface area contributed by atoms with E-state index in [9.17, 15) is 0 Å². The van der Waals surface area contributed by atoms with E-state index in [2.05, 4.69) is 199 Å². The van der Waals surface area contributed by atoms with Crippen LogP contribution in [0, 0.1) is 0 Å². The van der Waals surface area contributed by atoms with Crippen molar-refractivity contribution in [2.45, 2.75) is 0 Å². The quantitative estimate of drug-likeness (QED) is 0.173. The van der Waals surface area contributed by atoms with Gasteiger partial charge in [0.15, 0.2) is 5.58 Å². The zero-order valence-electron chi connectivity index (χ0n) is 27.4. The molecule has 8 aromatic carbocycles. The number of anilines is 3. The molecule has 0 saturated heterocycles. The number of para-hydroxylation sites is 1. The van der Waals surface area contributed by atoms with Gasteiger partial charge in [-0.1, -0.05) is 158 Å². The molecule has 9 rings (SSSR count). The highest BCUT2D eigenvalue weighted by Crippen LogP contribution is 2.43. The van der Waals surface area contributed by atoms with Crippen molar-refractivity contribution in [3.63, 3.8) is 0 Å². The molecule has 0 fully saturated rings. The third-order valence-corrected chi connectivity index (χ3v) is 9.51. The van der Waals surface area contributed by atoms with Crippen molar-refractivity contribution in [1.82, 2.24) is 0 Å². The normalized spacial score (nSPS) is 11.2. The van der Waals surface area contributed by atoms with Gasteiger partial charge in [0.2, 0.25) is 0 Å². The van der Waals surface area contributed by atoms with E-state index in [1.54, 1.807) is 0 Å². The molecule has 0 N–H and O–H groups in total. The van der Waals surface area contributed by atoms with E-state index >= 15 is 0 Å². The lowest BCUT2D eigenvalue weighted by molar-refractivity contribution is 0.669. The number of rotatable bonds is 7. The monoisotopic (exact) mass is 639 g/mol. The van der Waals surface area contributed by atoms with Crippen molar-refractivity contribution in [3.05, 3.63) is 200 Å². The maximum Gasteiger partial charge on any atom is 0.159 e. The molecule has 50 heavy (non-hydrogen) atoms. The van der Waals surface area contributed by atoms with E-state index in [1.165, 1.54) is 38.9 Å². The smallest absolute Gasteiger partial charge is 0.159 e. The second-order valence-corrected chi connectivity index (χ2v) is 12.6. The van der Waals surface area contributed by atoms with Crippen LogP contribution in [0.15, 0.2) is 205 Å². The Hall–Kier alpha value is -6.64. The van der Waals surface area contributed by atoms with Crippen LogP contribution in [0.3, 0.4) is 0 Å². The summed E-state index contributed by atoms with van der Waals surface area (Å²) in [5, 5.41) is 2.20. The van der Waals surface area contributed by atoms with E-state index in [0.29, 0.717) is 0 Å². The average molecular weight is 640 g/mol. The lowest BCUT2D eigenvalue weighted by atomic mass is 10.00. The predicted molar refractivity (Wildman–Crippen MR) is 210 cm³/mol. The van der Waals surface area contributed by atoms with E-state index in [-0.39, 0.29) is 0 Å². The van der Waals surface area contributed by atoms with Crippen LogP contribution in [0.4, 0.5) is 17.1 Å². The first-order valence-corrected chi connectivity index (χ1v) is 17.0. The molecule has 0 radical (unpaired) electrons. The van der Waals surface area contributed by atoms with Crippen LogP contribution < -0.4 is 4.90 Å². The summed E-state index contributed by atoms with van der Waals surface area (Å²) in [6.07, 6.45) is 0. The van der Waals surface area contributed by atoms with Gasteiger partial charge in [0, 0.05) is 22.1 Å². The Labute approximate surface area is 292 Å². The molecule has 0 atom stereocenters. The lowest BCUT2D eigenvalue weighted by Gasteiger charge is -2.26. The Morgan fingerprint density at radius 2 is 0.700 bits per heavy atom. The largest absolute Gasteiger partial charge is 0.454 e. The molecule has 0 spiro atoms. The van der Waals surface area contributed by atoms with E-state index < -0.39 is 0 Å². The third kappa shape index (κ3) is 5.53. The van der Waals surface area contributed by atoms with E-state index in [1.807, 2.05) is 6.07 Å². The zero-order valence-corrected chi connectivity index (χ0v) is 27.4. The highest BCUT2D eigenvalue weighted by atomic mass is 16.3. The van der Waals surface area contributed by atoms with Crippen LogP contribution in [0.1, 0.15) is 0 Å². The van der Waals surface area contributed by atoms with Crippen molar-refractivity contribution >= 4 is 39.0 Å². The first-order valence-electron chi connectivity index (χ1n) is 17.0. The summed E-state index contributed by atoms with van der Waals surface area (Å²) in [4.78, 5) is 2.31. The molecule has 236 valence electrons. The van der Waals surface area contributed by atoms with Crippen molar-refractivity contribution in [2.24, 2.45) is 0 Å². The molecule has 9 aromatic rings. The molecule has 2 heteroatoms. The van der Waals surface area contributed by atoms with Gasteiger partial charge in [0.1, 0.15) is 5.58 Å². The molecule has 0 aliphatic carbocycles. The Morgan fingerprint density at radius 1 is 0.300 bits per heavy atom. The lowest BCUT2D eigenvalue weighted by Crippen LogP contribution is -2.10. The molecular formula is C48H33NO. The van der Waals surface area contributed by atoms with Crippen LogP contribution in [0.2, 0.25) is 0 Å². The highest BCUT2D eigenvalue weighted by molar-refractivity contribution is 6.11. The number of hydrogen-bond acceptors (Lipinski definition) is 2. The average Bonchev–Trinajstić information content (AvgIpc) is 3.58. The van der Waals surface area contributed by atoms with E-state index in [0.717, 1.165) is 44.6 Å². The third-order valence-electron chi connectivity index (χ3n) is 9.51. The predicted octanol–water partition coefficient (Wildman–Crippen LogP) is 13.7. The highest BCUT2D eigenvalue weighted by Gasteiger charge is 2.20. The summed E-state index contributed by atoms with van der Waals surface area (Å²) in [7, 11) is 0. The minimum absolute atomic E-state index is 0.862. The van der Waals surface area contributed by atoms with Gasteiger partial charge in [-0.15, -0.1) is 0 Å². The van der Waals surface area contributed by atoms with Crippen molar-refractivity contribution in [1.29, 1.82) is 0 Å². The van der Waals surface area contributed by atoms with Crippen LogP contribution in [-0.2, 0) is 0 Å². The number of nitrogens with zero attached hydrogens (tertiary/aromatic N) is 1. The van der Waals surface area contributed by atoms with Gasteiger partial charge in [-0.2, -0.15) is 0 Å². The summed E-state index contributed by atoms with van der Waals surface area (Å²) in [5.41, 5.74) is 14.3. The van der Waals surface area contributed by atoms with Crippen molar-refractivity contribution in [2.75, 3.05) is 4.90 Å². The fraction of sp³-hybridized carbons (Fsp3) is 0. The Kier molecular flexibility index (Phi) is 7.53. The molecular weight excluding hydrogens is 607 g/mol. The molecule has 1 heterocycles. The van der Waals surface area contributed by atoms with Gasteiger partial charge in [-0.05, 0) is 87.0 Å². The maximum atomic E-state index is 6.76. The topological polar surface area (TPSA) is 16.4 Å². The number of benzene rings is 8. The summed E-state index contributed by atoms with van der Waals surface area (Å²) < 4.78 is 6.76. The summed E-state index contributed by atoms with van der Waals surface area (Å²) in [6, 6.07) is 70.9. The Bertz CT molecular complexity index is 2530. The van der Waals surface area contributed by atoms with E-state index in [4.69, 9.17) is 4.42 Å². The molecule has 2 nitrogen and oxygen atoms in total. The number of fused-ring (bicyclic) bond motifs is 3. The van der Waals surface area contributed by atoms with Gasteiger partial charge in [0.25, 0.3) is 0 Å². The maximum absolute atomic E-state index is 6.76. The van der Waals surface area contributed by atoms with Gasteiger partial charge in [-0.25, -0.2) is 0 Å². The van der Waals surface area contributed by atoms with Gasteiger partial charge < -0.3 is 9.32 Å². The molecule has 1 aromatic heterocycles. The van der Waals surface area contributed by atoms with Gasteiger partial charge >= 0.3 is 0 Å². The standard InChI is InChI=1S/C48H33NO/c1-4-11-34(12-5-1)37-19-21-38(22-20-37)40-25-30-43(31-26-40)49(42-28-23-39(24-29-42)35-13-6-2-7-14-35)46-18-10-17-45-44-32-27-41(33-47(44)50-48(45)46)36-15-8-3-9-16-36/h1-33H. The minimum Gasteiger partial charge on any atom is -0.454 e. The molecule has 0 aliphatic rings. The fourth-order valence-electron chi connectivity index (χ4n) is 6.92. The molecule has 0 saturated carbocycles. The molecule has 0 unspecified atom stereocenters. The summed E-state index contributed by atoms with van der Waals surface area (Å²) in [6.45, 7) is 0. The Morgan fingerprint density at radius 3 is 1.18 bits per heavy atom. The molecule has 0 bridgehead atoms. The second kappa shape index (κ2) is 12.8. The minimum atomic E-state index is 0.862. The van der Waals surface area contributed by atoms with Gasteiger partial charge in [0.05, 0.1) is 5.69 Å². The molecule has 0 amide bonds. The van der Waals surface area contributed by atoms with Crippen LogP contribution in [-0.4, -0.2) is 0 Å². The Balaban J connectivity index is 1.14. The molecule has 0 aliphatic heterocycles. The second-order valence-electron chi connectivity index (χ2n) is 12.6. The first kappa shape index (κ1) is 29.5. The first-order chi connectivity index (χ1) is 24.8. The summed E-state index contributed by atoms with van der Waals surface area (Å²) >= 11 is 0. The van der Waals surface area contributed by atoms with Crippen LogP contribution in [0.5, 0.6) is 0 Å². The van der Waals surface area contributed by atoms with Crippen molar-refractivity contribution < 1.29 is 4.42 Å². The van der Waals surface area contributed by atoms with Crippen LogP contribution >= 0.6 is 0 Å². The zero-order chi connectivity index (χ0) is 33.3.